The van der Waals surface area contributed by atoms with E-state index in [0.717, 1.165) is 58.5 Å². The van der Waals surface area contributed by atoms with Crippen LogP contribution in [0.3, 0.4) is 0 Å². The fourth-order valence-electron chi connectivity index (χ4n) is 4.13. The van der Waals surface area contributed by atoms with Crippen LogP contribution < -0.4 is 5.32 Å². The second-order valence-electron chi connectivity index (χ2n) is 7.49. The first-order chi connectivity index (χ1) is 12.3. The molecular formula is C20H32N4O. The fraction of sp³-hybridized carbons (Fsp3) is 0.700. The lowest BCUT2D eigenvalue weighted by atomic mass is 9.93. The number of hydrogen-bond donors (Lipinski definition) is 1. The lowest BCUT2D eigenvalue weighted by molar-refractivity contribution is -0.127. The van der Waals surface area contributed by atoms with Crippen molar-refractivity contribution in [2.45, 2.75) is 51.6 Å². The van der Waals surface area contributed by atoms with Crippen molar-refractivity contribution in [1.82, 2.24) is 20.1 Å². The molecule has 0 bridgehead atoms. The first-order valence-electron chi connectivity index (χ1n) is 9.89. The summed E-state index contributed by atoms with van der Waals surface area (Å²) in [4.78, 5) is 21.5. The van der Waals surface area contributed by atoms with Crippen LogP contribution in [0.15, 0.2) is 24.5 Å². The normalized spacial score (nSPS) is 23.5. The van der Waals surface area contributed by atoms with Gasteiger partial charge in [-0.1, -0.05) is 6.92 Å². The van der Waals surface area contributed by atoms with Crippen LogP contribution in [0.2, 0.25) is 0 Å². The molecular weight excluding hydrogens is 312 g/mol. The van der Waals surface area contributed by atoms with Gasteiger partial charge in [0.25, 0.3) is 0 Å². The Balaban J connectivity index is 1.45. The molecule has 2 aliphatic rings. The van der Waals surface area contributed by atoms with Gasteiger partial charge in [0.15, 0.2) is 0 Å². The van der Waals surface area contributed by atoms with E-state index in [4.69, 9.17) is 0 Å². The number of nitrogens with zero attached hydrogens (tertiary/aromatic N) is 3. The van der Waals surface area contributed by atoms with Crippen molar-refractivity contribution in [2.75, 3.05) is 32.7 Å². The maximum Gasteiger partial charge on any atom is 0.224 e. The second-order valence-corrected chi connectivity index (χ2v) is 7.49. The molecule has 5 nitrogen and oxygen atoms in total. The van der Waals surface area contributed by atoms with Crippen LogP contribution in [0.25, 0.3) is 0 Å². The average Bonchev–Trinajstić information content (AvgIpc) is 2.67. The number of carbonyl (C=O) groups is 1. The first-order valence-corrected chi connectivity index (χ1v) is 9.89. The van der Waals surface area contributed by atoms with Gasteiger partial charge in [-0.2, -0.15) is 0 Å². The van der Waals surface area contributed by atoms with Crippen LogP contribution in [0.4, 0.5) is 0 Å². The minimum atomic E-state index is 0.190. The van der Waals surface area contributed by atoms with Crippen molar-refractivity contribution in [3.05, 3.63) is 30.1 Å². The molecule has 1 amide bonds. The highest BCUT2D eigenvalue weighted by atomic mass is 16.1. The first kappa shape index (κ1) is 18.3. The Labute approximate surface area is 151 Å². The van der Waals surface area contributed by atoms with Gasteiger partial charge < -0.3 is 5.32 Å². The van der Waals surface area contributed by atoms with Gasteiger partial charge in [0.05, 0.1) is 5.92 Å². The standard InChI is InChI=1S/C20H32N4O/c1-2-9-22-20(25)18-4-3-12-24(16-18)19-7-13-23(14-8-19)15-17-5-10-21-11-6-17/h5-6,10-11,18-19H,2-4,7-9,12-16H2,1H3,(H,22,25)/t18-/m1/s1. The second kappa shape index (κ2) is 9.30. The Hall–Kier alpha value is -1.46. The van der Waals surface area contributed by atoms with Crippen molar-refractivity contribution in [2.24, 2.45) is 5.92 Å². The molecule has 25 heavy (non-hydrogen) atoms. The van der Waals surface area contributed by atoms with Crippen LogP contribution in [0, 0.1) is 5.92 Å². The fourth-order valence-corrected chi connectivity index (χ4v) is 4.13. The predicted molar refractivity (Wildman–Crippen MR) is 100 cm³/mol. The summed E-state index contributed by atoms with van der Waals surface area (Å²) in [6.07, 6.45) is 9.40. The van der Waals surface area contributed by atoms with Crippen molar-refractivity contribution in [1.29, 1.82) is 0 Å². The van der Waals surface area contributed by atoms with Crippen LogP contribution in [-0.4, -0.2) is 59.5 Å². The number of likely N-dealkylation sites (tertiary alicyclic amines) is 2. The van der Waals surface area contributed by atoms with E-state index in [1.165, 1.54) is 18.4 Å². The summed E-state index contributed by atoms with van der Waals surface area (Å²) in [5, 5.41) is 3.08. The lowest BCUT2D eigenvalue weighted by Crippen LogP contribution is -2.50. The zero-order chi connectivity index (χ0) is 17.5. The molecule has 138 valence electrons. The molecule has 2 saturated heterocycles. The van der Waals surface area contributed by atoms with Crippen LogP contribution >= 0.6 is 0 Å². The molecule has 1 N–H and O–H groups in total. The molecule has 1 aromatic heterocycles. The number of pyridine rings is 1. The number of piperidine rings is 2. The molecule has 3 rings (SSSR count). The largest absolute Gasteiger partial charge is 0.356 e. The van der Waals surface area contributed by atoms with Crippen LogP contribution in [0.1, 0.15) is 44.6 Å². The molecule has 2 aliphatic heterocycles. The Bertz CT molecular complexity index is 528. The molecule has 1 aromatic rings. The van der Waals surface area contributed by atoms with Gasteiger partial charge in [0.2, 0.25) is 5.91 Å². The van der Waals surface area contributed by atoms with Gasteiger partial charge >= 0.3 is 0 Å². The van der Waals surface area contributed by atoms with Gasteiger partial charge in [-0.05, 0) is 69.4 Å². The molecule has 5 heteroatoms. The van der Waals surface area contributed by atoms with Crippen LogP contribution in [0.5, 0.6) is 0 Å². The zero-order valence-electron chi connectivity index (χ0n) is 15.5. The van der Waals surface area contributed by atoms with Crippen molar-refractivity contribution in [3.8, 4) is 0 Å². The van der Waals surface area contributed by atoms with Crippen molar-refractivity contribution in [3.63, 3.8) is 0 Å². The molecule has 0 radical (unpaired) electrons. The molecule has 0 saturated carbocycles. The summed E-state index contributed by atoms with van der Waals surface area (Å²) in [6, 6.07) is 4.86. The predicted octanol–water partition coefficient (Wildman–Crippen LogP) is 2.28. The third-order valence-corrected chi connectivity index (χ3v) is 5.60. The molecule has 2 fully saturated rings. The average molecular weight is 345 g/mol. The number of rotatable bonds is 6. The summed E-state index contributed by atoms with van der Waals surface area (Å²) in [5.41, 5.74) is 1.35. The molecule has 0 spiro atoms. The highest BCUT2D eigenvalue weighted by Crippen LogP contribution is 2.24. The van der Waals surface area contributed by atoms with E-state index in [2.05, 4.69) is 39.2 Å². The Morgan fingerprint density at radius 1 is 1.20 bits per heavy atom. The summed E-state index contributed by atoms with van der Waals surface area (Å²) < 4.78 is 0. The summed E-state index contributed by atoms with van der Waals surface area (Å²) in [5.74, 6) is 0.455. The van der Waals surface area contributed by atoms with Gasteiger partial charge in [-0.3, -0.25) is 19.6 Å². The number of aromatic nitrogens is 1. The van der Waals surface area contributed by atoms with E-state index in [-0.39, 0.29) is 11.8 Å². The van der Waals surface area contributed by atoms with Crippen LogP contribution in [-0.2, 0) is 11.3 Å². The van der Waals surface area contributed by atoms with Gasteiger partial charge in [-0.15, -0.1) is 0 Å². The molecule has 0 aliphatic carbocycles. The van der Waals surface area contributed by atoms with Gasteiger partial charge in [0.1, 0.15) is 0 Å². The number of hydrogen-bond acceptors (Lipinski definition) is 4. The molecule has 0 unspecified atom stereocenters. The summed E-state index contributed by atoms with van der Waals surface area (Å²) in [6.45, 7) is 8.34. The number of carbonyl (C=O) groups excluding carboxylic acids is 1. The zero-order valence-corrected chi connectivity index (χ0v) is 15.5. The maximum atomic E-state index is 12.3. The topological polar surface area (TPSA) is 48.5 Å². The SMILES string of the molecule is CCCNC(=O)[C@@H]1CCCN(C2CCN(Cc3ccncc3)CC2)C1. The minimum Gasteiger partial charge on any atom is -0.356 e. The van der Waals surface area contributed by atoms with Gasteiger partial charge in [0, 0.05) is 38.1 Å². The summed E-state index contributed by atoms with van der Waals surface area (Å²) >= 11 is 0. The Kier molecular flexibility index (Phi) is 6.82. The quantitative estimate of drug-likeness (QED) is 0.860. The minimum absolute atomic E-state index is 0.190. The van der Waals surface area contributed by atoms with E-state index in [9.17, 15) is 4.79 Å². The van der Waals surface area contributed by atoms with Gasteiger partial charge in [-0.25, -0.2) is 0 Å². The highest BCUT2D eigenvalue weighted by molar-refractivity contribution is 5.78. The maximum absolute atomic E-state index is 12.3. The number of nitrogens with one attached hydrogen (secondary N) is 1. The van der Waals surface area contributed by atoms with Crippen molar-refractivity contribution < 1.29 is 4.79 Å². The lowest BCUT2D eigenvalue weighted by Gasteiger charge is -2.42. The number of amides is 1. The van der Waals surface area contributed by atoms with E-state index in [0.29, 0.717) is 6.04 Å². The highest BCUT2D eigenvalue weighted by Gasteiger charge is 2.31. The van der Waals surface area contributed by atoms with E-state index in [1.54, 1.807) is 0 Å². The van der Waals surface area contributed by atoms with E-state index >= 15 is 0 Å². The molecule has 0 aromatic carbocycles. The van der Waals surface area contributed by atoms with E-state index < -0.39 is 0 Å². The smallest absolute Gasteiger partial charge is 0.224 e. The monoisotopic (exact) mass is 344 g/mol. The molecule has 1 atom stereocenters. The Morgan fingerprint density at radius 3 is 2.68 bits per heavy atom. The van der Waals surface area contributed by atoms with E-state index in [1.807, 2.05) is 12.4 Å². The van der Waals surface area contributed by atoms with Crippen molar-refractivity contribution >= 4 is 5.91 Å². The molecule has 3 heterocycles. The third kappa shape index (κ3) is 5.25. The summed E-state index contributed by atoms with van der Waals surface area (Å²) in [7, 11) is 0. The Morgan fingerprint density at radius 2 is 1.96 bits per heavy atom. The third-order valence-electron chi connectivity index (χ3n) is 5.60.